The van der Waals surface area contributed by atoms with Crippen LogP contribution in [0.4, 0.5) is 0 Å². The van der Waals surface area contributed by atoms with Crippen molar-refractivity contribution in [2.24, 2.45) is 5.73 Å². The minimum atomic E-state index is 0.460. The summed E-state index contributed by atoms with van der Waals surface area (Å²) in [5, 5.41) is 0. The molecule has 0 fully saturated rings. The molecule has 0 aliphatic carbocycles. The van der Waals surface area contributed by atoms with Crippen LogP contribution >= 0.6 is 0 Å². The number of aryl methyl sites for hydroxylation is 2. The molecule has 0 spiro atoms. The van der Waals surface area contributed by atoms with Gasteiger partial charge in [-0.05, 0) is 42.2 Å². The molecule has 0 saturated carbocycles. The molecule has 1 aromatic heterocycles. The van der Waals surface area contributed by atoms with E-state index in [9.17, 15) is 0 Å². The minimum absolute atomic E-state index is 0.460. The van der Waals surface area contributed by atoms with Crippen molar-refractivity contribution in [3.8, 4) is 0 Å². The number of nitrogens with two attached hydrogens (primary N) is 1. The van der Waals surface area contributed by atoms with Crippen molar-refractivity contribution in [3.63, 3.8) is 0 Å². The van der Waals surface area contributed by atoms with E-state index in [1.54, 1.807) is 0 Å². The lowest BCUT2D eigenvalue weighted by Crippen LogP contribution is -2.10. The summed E-state index contributed by atoms with van der Waals surface area (Å²) in [6, 6.07) is 15.0. The topological polar surface area (TPSA) is 43.8 Å². The maximum absolute atomic E-state index is 5.89. The van der Waals surface area contributed by atoms with Gasteiger partial charge >= 0.3 is 0 Å². The monoisotopic (exact) mass is 279 g/mol. The van der Waals surface area contributed by atoms with E-state index in [1.807, 2.05) is 0 Å². The van der Waals surface area contributed by atoms with Crippen LogP contribution in [-0.2, 0) is 19.5 Å². The summed E-state index contributed by atoms with van der Waals surface area (Å²) in [5.74, 6) is 0.946. The second-order valence-electron chi connectivity index (χ2n) is 5.42. The Balaban J connectivity index is 2.10. The summed E-state index contributed by atoms with van der Waals surface area (Å²) in [4.78, 5) is 4.70. The van der Waals surface area contributed by atoms with Crippen molar-refractivity contribution in [1.82, 2.24) is 9.55 Å². The molecular formula is C18H21N3. The number of benzene rings is 2. The lowest BCUT2D eigenvalue weighted by Gasteiger charge is -2.10. The molecule has 108 valence electrons. The predicted octanol–water partition coefficient (Wildman–Crippen LogP) is 3.41. The third-order valence-corrected chi connectivity index (χ3v) is 4.07. The molecule has 2 N–H and O–H groups in total. The molecule has 0 unspecified atom stereocenters. The van der Waals surface area contributed by atoms with Gasteiger partial charge in [-0.1, -0.05) is 37.3 Å². The van der Waals surface area contributed by atoms with Crippen molar-refractivity contribution in [1.29, 1.82) is 0 Å². The molecule has 1 heterocycles. The smallest absolute Gasteiger partial charge is 0.123 e. The van der Waals surface area contributed by atoms with E-state index < -0.39 is 0 Å². The van der Waals surface area contributed by atoms with Crippen LogP contribution in [0.2, 0.25) is 0 Å². The van der Waals surface area contributed by atoms with Gasteiger partial charge in [0.25, 0.3) is 0 Å². The van der Waals surface area contributed by atoms with E-state index in [4.69, 9.17) is 10.7 Å². The Labute approximate surface area is 125 Å². The minimum Gasteiger partial charge on any atom is -0.324 e. The molecule has 2 aromatic carbocycles. The SMILES string of the molecule is CCc1ccc2c(c1)nc(CN)n2Cc1ccccc1C. The summed E-state index contributed by atoms with van der Waals surface area (Å²) in [7, 11) is 0. The summed E-state index contributed by atoms with van der Waals surface area (Å²) >= 11 is 0. The van der Waals surface area contributed by atoms with E-state index in [2.05, 4.69) is 60.9 Å². The van der Waals surface area contributed by atoms with Gasteiger partial charge in [-0.15, -0.1) is 0 Å². The van der Waals surface area contributed by atoms with Crippen molar-refractivity contribution in [3.05, 3.63) is 65.0 Å². The van der Waals surface area contributed by atoms with Gasteiger partial charge in [0.15, 0.2) is 0 Å². The fourth-order valence-electron chi connectivity index (χ4n) is 2.74. The summed E-state index contributed by atoms with van der Waals surface area (Å²) in [6.07, 6.45) is 1.03. The Morgan fingerprint density at radius 2 is 1.95 bits per heavy atom. The van der Waals surface area contributed by atoms with Gasteiger partial charge in [0.05, 0.1) is 17.6 Å². The van der Waals surface area contributed by atoms with E-state index in [0.717, 1.165) is 29.8 Å². The van der Waals surface area contributed by atoms with Crippen molar-refractivity contribution in [2.45, 2.75) is 33.4 Å². The molecule has 3 aromatic rings. The molecule has 3 heteroatoms. The van der Waals surface area contributed by atoms with Crippen LogP contribution in [0.1, 0.15) is 29.4 Å². The number of fused-ring (bicyclic) bond motifs is 1. The number of aromatic nitrogens is 2. The molecule has 0 atom stereocenters. The van der Waals surface area contributed by atoms with E-state index >= 15 is 0 Å². The molecule has 0 aliphatic heterocycles. The zero-order valence-electron chi connectivity index (χ0n) is 12.6. The number of imidazole rings is 1. The first-order valence-electron chi connectivity index (χ1n) is 7.45. The van der Waals surface area contributed by atoms with Crippen LogP contribution in [0.15, 0.2) is 42.5 Å². The first kappa shape index (κ1) is 13.8. The molecule has 0 amide bonds. The zero-order chi connectivity index (χ0) is 14.8. The van der Waals surface area contributed by atoms with Crippen LogP contribution in [0.5, 0.6) is 0 Å². The molecule has 0 bridgehead atoms. The van der Waals surface area contributed by atoms with E-state index in [1.165, 1.54) is 16.7 Å². The maximum Gasteiger partial charge on any atom is 0.123 e. The Morgan fingerprint density at radius 3 is 2.67 bits per heavy atom. The number of rotatable bonds is 4. The molecular weight excluding hydrogens is 258 g/mol. The van der Waals surface area contributed by atoms with Gasteiger partial charge < -0.3 is 10.3 Å². The molecule has 3 rings (SSSR count). The Bertz CT molecular complexity index is 771. The number of nitrogens with zero attached hydrogens (tertiary/aromatic N) is 2. The summed E-state index contributed by atoms with van der Waals surface area (Å²) in [6.45, 7) is 5.59. The van der Waals surface area contributed by atoms with Gasteiger partial charge in [-0.25, -0.2) is 4.98 Å². The number of hydrogen-bond acceptors (Lipinski definition) is 2. The quantitative estimate of drug-likeness (QED) is 0.795. The maximum atomic E-state index is 5.89. The van der Waals surface area contributed by atoms with Crippen LogP contribution in [-0.4, -0.2) is 9.55 Å². The van der Waals surface area contributed by atoms with Gasteiger partial charge in [-0.2, -0.15) is 0 Å². The first-order valence-corrected chi connectivity index (χ1v) is 7.45. The molecule has 0 radical (unpaired) electrons. The van der Waals surface area contributed by atoms with Crippen LogP contribution < -0.4 is 5.73 Å². The van der Waals surface area contributed by atoms with Crippen LogP contribution in [0.25, 0.3) is 11.0 Å². The number of hydrogen-bond donors (Lipinski definition) is 1. The standard InChI is InChI=1S/C18H21N3/c1-3-14-8-9-17-16(10-14)20-18(11-19)21(17)12-15-7-5-4-6-13(15)2/h4-10H,3,11-12,19H2,1-2H3. The zero-order valence-corrected chi connectivity index (χ0v) is 12.6. The first-order chi connectivity index (χ1) is 10.2. The second kappa shape index (κ2) is 5.70. The normalized spacial score (nSPS) is 11.2. The summed E-state index contributed by atoms with van der Waals surface area (Å²) < 4.78 is 2.23. The second-order valence-corrected chi connectivity index (χ2v) is 5.42. The molecule has 0 saturated heterocycles. The fraction of sp³-hybridized carbons (Fsp3) is 0.278. The highest BCUT2D eigenvalue weighted by Crippen LogP contribution is 2.21. The van der Waals surface area contributed by atoms with Crippen LogP contribution in [0, 0.1) is 6.92 Å². The molecule has 21 heavy (non-hydrogen) atoms. The largest absolute Gasteiger partial charge is 0.324 e. The molecule has 0 aliphatic rings. The lowest BCUT2D eigenvalue weighted by atomic mass is 10.1. The Kier molecular flexibility index (Phi) is 3.76. The van der Waals surface area contributed by atoms with Gasteiger partial charge in [0.2, 0.25) is 0 Å². The van der Waals surface area contributed by atoms with Gasteiger partial charge in [0.1, 0.15) is 5.82 Å². The molecule has 3 nitrogen and oxygen atoms in total. The third kappa shape index (κ3) is 2.57. The lowest BCUT2D eigenvalue weighted by molar-refractivity contribution is 0.741. The highest BCUT2D eigenvalue weighted by Gasteiger charge is 2.11. The van der Waals surface area contributed by atoms with Gasteiger partial charge in [-0.3, -0.25) is 0 Å². The highest BCUT2D eigenvalue weighted by molar-refractivity contribution is 5.77. The highest BCUT2D eigenvalue weighted by atomic mass is 15.1. The summed E-state index contributed by atoms with van der Waals surface area (Å²) in [5.41, 5.74) is 12.0. The Hall–Kier alpha value is -2.13. The average molecular weight is 279 g/mol. The van der Waals surface area contributed by atoms with E-state index in [0.29, 0.717) is 6.54 Å². The van der Waals surface area contributed by atoms with Crippen molar-refractivity contribution in [2.75, 3.05) is 0 Å². The average Bonchev–Trinajstić information content (AvgIpc) is 2.86. The Morgan fingerprint density at radius 1 is 1.14 bits per heavy atom. The van der Waals surface area contributed by atoms with Gasteiger partial charge in [0, 0.05) is 6.54 Å². The van der Waals surface area contributed by atoms with Crippen LogP contribution in [0.3, 0.4) is 0 Å². The third-order valence-electron chi connectivity index (χ3n) is 4.07. The van der Waals surface area contributed by atoms with Crippen molar-refractivity contribution < 1.29 is 0 Å². The predicted molar refractivity (Wildman–Crippen MR) is 87.3 cm³/mol. The van der Waals surface area contributed by atoms with E-state index in [-0.39, 0.29) is 0 Å². The fourth-order valence-corrected chi connectivity index (χ4v) is 2.74. The van der Waals surface area contributed by atoms with Crippen molar-refractivity contribution >= 4 is 11.0 Å².